The SMILES string of the molecule is CC(C)c1ccc(OCC(=O)NCc2cc(-c3ccc(F)cc3)ncn2)cc1. The number of hydrogen-bond donors (Lipinski definition) is 1. The minimum absolute atomic E-state index is 0.0725. The van der Waals surface area contributed by atoms with Crippen molar-refractivity contribution >= 4 is 5.91 Å². The molecule has 0 unspecified atom stereocenters. The van der Waals surface area contributed by atoms with Crippen LogP contribution >= 0.6 is 0 Å². The molecule has 1 N–H and O–H groups in total. The van der Waals surface area contributed by atoms with Crippen LogP contribution in [0.5, 0.6) is 5.75 Å². The lowest BCUT2D eigenvalue weighted by Crippen LogP contribution is -2.28. The summed E-state index contributed by atoms with van der Waals surface area (Å²) in [5.74, 6) is 0.559. The van der Waals surface area contributed by atoms with E-state index in [9.17, 15) is 9.18 Å². The average molecular weight is 379 g/mol. The molecule has 0 saturated carbocycles. The quantitative estimate of drug-likeness (QED) is 0.671. The summed E-state index contributed by atoms with van der Waals surface area (Å²) in [6.07, 6.45) is 1.42. The number of carbonyl (C=O) groups is 1. The zero-order valence-electron chi connectivity index (χ0n) is 15.9. The third kappa shape index (κ3) is 5.36. The van der Waals surface area contributed by atoms with E-state index >= 15 is 0 Å². The lowest BCUT2D eigenvalue weighted by Gasteiger charge is -2.09. The summed E-state index contributed by atoms with van der Waals surface area (Å²) >= 11 is 0. The third-order valence-electron chi connectivity index (χ3n) is 4.25. The zero-order chi connectivity index (χ0) is 19.9. The predicted octanol–water partition coefficient (Wildman–Crippen LogP) is 4.10. The van der Waals surface area contributed by atoms with Crippen LogP contribution in [-0.2, 0) is 11.3 Å². The van der Waals surface area contributed by atoms with Gasteiger partial charge >= 0.3 is 0 Å². The van der Waals surface area contributed by atoms with Gasteiger partial charge in [0, 0.05) is 5.56 Å². The molecule has 5 nitrogen and oxygen atoms in total. The number of nitrogens with one attached hydrogen (secondary N) is 1. The van der Waals surface area contributed by atoms with Gasteiger partial charge in [-0.25, -0.2) is 14.4 Å². The molecule has 1 aromatic heterocycles. The molecule has 3 rings (SSSR count). The summed E-state index contributed by atoms with van der Waals surface area (Å²) in [5, 5.41) is 2.77. The smallest absolute Gasteiger partial charge is 0.258 e. The molecule has 1 heterocycles. The number of rotatable bonds is 7. The topological polar surface area (TPSA) is 64.1 Å². The van der Waals surface area contributed by atoms with Crippen LogP contribution in [-0.4, -0.2) is 22.5 Å². The Hall–Kier alpha value is -3.28. The van der Waals surface area contributed by atoms with E-state index in [0.717, 1.165) is 5.56 Å². The van der Waals surface area contributed by atoms with E-state index in [0.29, 0.717) is 23.1 Å². The Balaban J connectivity index is 1.51. The fourth-order valence-corrected chi connectivity index (χ4v) is 2.61. The van der Waals surface area contributed by atoms with Gasteiger partial charge in [-0.1, -0.05) is 26.0 Å². The maximum Gasteiger partial charge on any atom is 0.258 e. The molecule has 0 fully saturated rings. The highest BCUT2D eigenvalue weighted by Gasteiger charge is 2.07. The first-order valence-electron chi connectivity index (χ1n) is 9.07. The molecule has 0 spiro atoms. The molecule has 2 aromatic carbocycles. The summed E-state index contributed by atoms with van der Waals surface area (Å²) in [6.45, 7) is 4.43. The van der Waals surface area contributed by atoms with Crippen molar-refractivity contribution in [3.05, 3.63) is 78.0 Å². The highest BCUT2D eigenvalue weighted by Crippen LogP contribution is 2.19. The molecular formula is C22H22FN3O2. The highest BCUT2D eigenvalue weighted by atomic mass is 19.1. The van der Waals surface area contributed by atoms with Crippen LogP contribution in [0.4, 0.5) is 4.39 Å². The molecule has 0 atom stereocenters. The maximum absolute atomic E-state index is 13.0. The standard InChI is InChI=1S/C22H22FN3O2/c1-15(2)16-5-9-20(10-6-16)28-13-22(27)24-12-19-11-21(26-14-25-19)17-3-7-18(23)8-4-17/h3-11,14-15H,12-13H2,1-2H3,(H,24,27). The number of amides is 1. The molecule has 1 amide bonds. The summed E-state index contributed by atoms with van der Waals surface area (Å²) in [6, 6.07) is 15.5. The van der Waals surface area contributed by atoms with Gasteiger partial charge in [0.2, 0.25) is 0 Å². The Morgan fingerprint density at radius 3 is 2.46 bits per heavy atom. The zero-order valence-corrected chi connectivity index (χ0v) is 15.9. The van der Waals surface area contributed by atoms with Crippen LogP contribution in [0.3, 0.4) is 0 Å². The van der Waals surface area contributed by atoms with Gasteiger partial charge in [-0.05, 0) is 53.9 Å². The van der Waals surface area contributed by atoms with Gasteiger partial charge < -0.3 is 10.1 Å². The lowest BCUT2D eigenvalue weighted by molar-refractivity contribution is -0.123. The molecule has 144 valence electrons. The van der Waals surface area contributed by atoms with Crippen molar-refractivity contribution in [2.75, 3.05) is 6.61 Å². The predicted molar refractivity (Wildman–Crippen MR) is 105 cm³/mol. The number of hydrogen-bond acceptors (Lipinski definition) is 4. The van der Waals surface area contributed by atoms with E-state index in [4.69, 9.17) is 4.74 Å². The number of aromatic nitrogens is 2. The van der Waals surface area contributed by atoms with Crippen molar-refractivity contribution in [3.63, 3.8) is 0 Å². The first-order valence-corrected chi connectivity index (χ1v) is 9.07. The van der Waals surface area contributed by atoms with Crippen molar-refractivity contribution in [2.24, 2.45) is 0 Å². The lowest BCUT2D eigenvalue weighted by atomic mass is 10.0. The minimum atomic E-state index is -0.302. The van der Waals surface area contributed by atoms with E-state index in [1.54, 1.807) is 18.2 Å². The molecule has 3 aromatic rings. The van der Waals surface area contributed by atoms with Crippen LogP contribution in [0, 0.1) is 5.82 Å². The molecular weight excluding hydrogens is 357 g/mol. The van der Waals surface area contributed by atoms with Crippen LogP contribution in [0.25, 0.3) is 11.3 Å². The fourth-order valence-electron chi connectivity index (χ4n) is 2.61. The van der Waals surface area contributed by atoms with Crippen LogP contribution in [0.2, 0.25) is 0 Å². The van der Waals surface area contributed by atoms with Crippen molar-refractivity contribution in [1.82, 2.24) is 15.3 Å². The van der Waals surface area contributed by atoms with Crippen molar-refractivity contribution in [2.45, 2.75) is 26.3 Å². The third-order valence-corrected chi connectivity index (χ3v) is 4.25. The molecule has 0 aliphatic heterocycles. The monoisotopic (exact) mass is 379 g/mol. The first kappa shape index (κ1) is 19.5. The van der Waals surface area contributed by atoms with Gasteiger partial charge in [0.1, 0.15) is 17.9 Å². The largest absolute Gasteiger partial charge is 0.484 e. The van der Waals surface area contributed by atoms with E-state index in [2.05, 4.69) is 29.1 Å². The van der Waals surface area contributed by atoms with E-state index < -0.39 is 0 Å². The first-order chi connectivity index (χ1) is 13.5. The van der Waals surface area contributed by atoms with Crippen molar-refractivity contribution in [1.29, 1.82) is 0 Å². The van der Waals surface area contributed by atoms with Gasteiger partial charge in [0.15, 0.2) is 6.61 Å². The van der Waals surface area contributed by atoms with E-state index in [-0.39, 0.29) is 24.9 Å². The molecule has 28 heavy (non-hydrogen) atoms. The molecule has 0 radical (unpaired) electrons. The van der Waals surface area contributed by atoms with Gasteiger partial charge in [0.25, 0.3) is 5.91 Å². The Morgan fingerprint density at radius 2 is 1.79 bits per heavy atom. The number of nitrogens with zero attached hydrogens (tertiary/aromatic N) is 2. The van der Waals surface area contributed by atoms with Crippen molar-refractivity contribution in [3.8, 4) is 17.0 Å². The molecule has 6 heteroatoms. The second-order valence-corrected chi connectivity index (χ2v) is 6.69. The number of halogens is 1. The Bertz CT molecular complexity index is 925. The molecule has 0 bridgehead atoms. The normalized spacial score (nSPS) is 10.7. The molecule has 0 aliphatic rings. The van der Waals surface area contributed by atoms with E-state index in [1.165, 1.54) is 24.0 Å². The highest BCUT2D eigenvalue weighted by molar-refractivity contribution is 5.77. The van der Waals surface area contributed by atoms with Gasteiger partial charge in [-0.3, -0.25) is 4.79 Å². The average Bonchev–Trinajstić information content (AvgIpc) is 2.72. The summed E-state index contributed by atoms with van der Waals surface area (Å²) < 4.78 is 18.6. The molecule has 0 saturated heterocycles. The second kappa shape index (κ2) is 9.08. The van der Waals surface area contributed by atoms with Crippen LogP contribution < -0.4 is 10.1 Å². The fraction of sp³-hybridized carbons (Fsp3) is 0.227. The Labute approximate surface area is 163 Å². The van der Waals surface area contributed by atoms with Crippen LogP contribution in [0.15, 0.2) is 60.9 Å². The van der Waals surface area contributed by atoms with Crippen molar-refractivity contribution < 1.29 is 13.9 Å². The van der Waals surface area contributed by atoms with Crippen LogP contribution in [0.1, 0.15) is 31.0 Å². The number of ether oxygens (including phenoxy) is 1. The summed E-state index contributed by atoms with van der Waals surface area (Å²) in [7, 11) is 0. The van der Waals surface area contributed by atoms with Gasteiger partial charge in [-0.15, -0.1) is 0 Å². The Morgan fingerprint density at radius 1 is 1.07 bits per heavy atom. The number of benzene rings is 2. The summed E-state index contributed by atoms with van der Waals surface area (Å²) in [4.78, 5) is 20.4. The maximum atomic E-state index is 13.0. The minimum Gasteiger partial charge on any atom is -0.484 e. The summed E-state index contributed by atoms with van der Waals surface area (Å²) in [5.41, 5.74) is 3.33. The van der Waals surface area contributed by atoms with E-state index in [1.807, 2.05) is 24.3 Å². The number of carbonyl (C=O) groups excluding carboxylic acids is 1. The molecule has 0 aliphatic carbocycles. The van der Waals surface area contributed by atoms with Gasteiger partial charge in [0.05, 0.1) is 17.9 Å². The second-order valence-electron chi connectivity index (χ2n) is 6.69. The Kier molecular flexibility index (Phi) is 6.32. The van der Waals surface area contributed by atoms with Gasteiger partial charge in [-0.2, -0.15) is 0 Å².